The highest BCUT2D eigenvalue weighted by Crippen LogP contribution is 2.37. The second kappa shape index (κ2) is 3.76. The Bertz CT molecular complexity index is 343. The molecule has 0 N–H and O–H groups in total. The average molecular weight is 214 g/mol. The van der Waals surface area contributed by atoms with Crippen LogP contribution in [0, 0.1) is 5.92 Å². The lowest BCUT2D eigenvalue weighted by Gasteiger charge is -2.27. The van der Waals surface area contributed by atoms with E-state index in [0.29, 0.717) is 12.8 Å². The number of carbonyl (C=O) groups is 1. The fourth-order valence-corrected chi connectivity index (χ4v) is 2.02. The number of hydrogen-bond acceptors (Lipinski definition) is 2. The summed E-state index contributed by atoms with van der Waals surface area (Å²) >= 11 is 0. The Morgan fingerprint density at radius 3 is 2.93 bits per heavy atom. The molecule has 1 aliphatic carbocycles. The minimum absolute atomic E-state index is 0.102. The Balaban J connectivity index is 2.08. The van der Waals surface area contributed by atoms with Crippen LogP contribution in [0.3, 0.4) is 0 Å². The van der Waals surface area contributed by atoms with Gasteiger partial charge in [0.15, 0.2) is 5.76 Å². The molecule has 1 unspecified atom stereocenters. The summed E-state index contributed by atoms with van der Waals surface area (Å²) in [5.41, 5.74) is 0. The van der Waals surface area contributed by atoms with E-state index in [4.69, 9.17) is 4.42 Å². The van der Waals surface area contributed by atoms with Gasteiger partial charge in [-0.3, -0.25) is 4.79 Å². The van der Waals surface area contributed by atoms with Gasteiger partial charge in [0, 0.05) is 18.8 Å². The Kier molecular flexibility index (Phi) is 2.59. The number of carbonyl (C=O) groups excluding carboxylic acids is 1. The highest BCUT2D eigenvalue weighted by molar-refractivity contribution is 5.95. The van der Waals surface area contributed by atoms with E-state index in [9.17, 15) is 13.6 Å². The Morgan fingerprint density at radius 2 is 2.33 bits per heavy atom. The van der Waals surface area contributed by atoms with Crippen molar-refractivity contribution in [3.8, 4) is 0 Å². The molecule has 1 aromatic heterocycles. The van der Waals surface area contributed by atoms with E-state index in [-0.39, 0.29) is 24.4 Å². The molecule has 2 rings (SSSR count). The zero-order valence-corrected chi connectivity index (χ0v) is 8.21. The summed E-state index contributed by atoms with van der Waals surface area (Å²) in [5, 5.41) is 0. The number of rotatable bonds is 2. The smallest absolute Gasteiger partial charge is 0.248 e. The first-order valence-electron chi connectivity index (χ1n) is 5.04. The van der Waals surface area contributed by atoms with E-state index in [1.165, 1.54) is 12.3 Å². The van der Waals surface area contributed by atoms with Gasteiger partial charge in [0.2, 0.25) is 11.7 Å². The van der Waals surface area contributed by atoms with Gasteiger partial charge in [-0.2, -0.15) is 0 Å². The van der Waals surface area contributed by atoms with Crippen LogP contribution in [0.4, 0.5) is 8.78 Å². The van der Waals surface area contributed by atoms with Gasteiger partial charge in [-0.05, 0) is 25.0 Å². The lowest BCUT2D eigenvalue weighted by Crippen LogP contribution is -2.30. The van der Waals surface area contributed by atoms with Crippen LogP contribution in [0.1, 0.15) is 36.2 Å². The van der Waals surface area contributed by atoms with Crippen molar-refractivity contribution in [3.63, 3.8) is 0 Å². The van der Waals surface area contributed by atoms with Crippen molar-refractivity contribution in [2.75, 3.05) is 0 Å². The van der Waals surface area contributed by atoms with Crippen molar-refractivity contribution in [2.45, 2.75) is 31.6 Å². The van der Waals surface area contributed by atoms with Crippen LogP contribution in [-0.4, -0.2) is 11.7 Å². The van der Waals surface area contributed by atoms with E-state index in [1.54, 1.807) is 6.07 Å². The van der Waals surface area contributed by atoms with Crippen molar-refractivity contribution in [3.05, 3.63) is 24.2 Å². The molecule has 0 radical (unpaired) electrons. The summed E-state index contributed by atoms with van der Waals surface area (Å²) in [6.07, 6.45) is 1.88. The summed E-state index contributed by atoms with van der Waals surface area (Å²) in [5.74, 6) is -3.37. The Morgan fingerprint density at radius 1 is 1.53 bits per heavy atom. The molecule has 0 aliphatic heterocycles. The van der Waals surface area contributed by atoms with Crippen molar-refractivity contribution in [1.82, 2.24) is 0 Å². The van der Waals surface area contributed by atoms with E-state index >= 15 is 0 Å². The van der Waals surface area contributed by atoms with Gasteiger partial charge >= 0.3 is 0 Å². The van der Waals surface area contributed by atoms with Crippen molar-refractivity contribution < 1.29 is 18.0 Å². The molecule has 0 spiro atoms. The molecular weight excluding hydrogens is 202 g/mol. The maximum absolute atomic E-state index is 13.1. The van der Waals surface area contributed by atoms with Crippen LogP contribution in [0.2, 0.25) is 0 Å². The van der Waals surface area contributed by atoms with Gasteiger partial charge in [0.25, 0.3) is 0 Å². The molecule has 0 amide bonds. The maximum atomic E-state index is 13.1. The molecule has 0 bridgehead atoms. The summed E-state index contributed by atoms with van der Waals surface area (Å²) in [4.78, 5) is 11.7. The van der Waals surface area contributed by atoms with Crippen LogP contribution in [0.25, 0.3) is 0 Å². The summed E-state index contributed by atoms with van der Waals surface area (Å²) in [7, 11) is 0. The summed E-state index contributed by atoms with van der Waals surface area (Å²) in [6.45, 7) is 0. The van der Waals surface area contributed by atoms with Crippen LogP contribution in [0.15, 0.2) is 22.8 Å². The fourth-order valence-electron chi connectivity index (χ4n) is 2.02. The standard InChI is InChI=1S/C11H12F2O2/c12-11(13)5-1-3-8(7-11)10(14)9-4-2-6-15-9/h2,4,6,8H,1,3,5,7H2. The number of alkyl halides is 2. The molecule has 1 aromatic rings. The predicted octanol–water partition coefficient (Wildman–Crippen LogP) is 3.29. The Hall–Kier alpha value is -1.19. The molecule has 1 atom stereocenters. The van der Waals surface area contributed by atoms with Gasteiger partial charge in [0.05, 0.1) is 6.26 Å². The lowest BCUT2D eigenvalue weighted by atomic mass is 9.83. The van der Waals surface area contributed by atoms with Gasteiger partial charge in [-0.15, -0.1) is 0 Å². The van der Waals surface area contributed by atoms with E-state index < -0.39 is 11.8 Å². The molecule has 1 fully saturated rings. The highest BCUT2D eigenvalue weighted by atomic mass is 19.3. The molecule has 1 saturated carbocycles. The highest BCUT2D eigenvalue weighted by Gasteiger charge is 2.39. The predicted molar refractivity (Wildman–Crippen MR) is 49.9 cm³/mol. The van der Waals surface area contributed by atoms with Gasteiger partial charge in [-0.25, -0.2) is 8.78 Å². The van der Waals surface area contributed by atoms with Crippen molar-refractivity contribution >= 4 is 5.78 Å². The molecular formula is C11H12F2O2. The summed E-state index contributed by atoms with van der Waals surface area (Å²) < 4.78 is 31.1. The third-order valence-electron chi connectivity index (χ3n) is 2.77. The Labute approximate surface area is 86.3 Å². The third kappa shape index (κ3) is 2.25. The maximum Gasteiger partial charge on any atom is 0.248 e. The first kappa shape index (κ1) is 10.3. The van der Waals surface area contributed by atoms with Crippen LogP contribution in [0.5, 0.6) is 0 Å². The van der Waals surface area contributed by atoms with Crippen LogP contribution < -0.4 is 0 Å². The van der Waals surface area contributed by atoms with E-state index in [0.717, 1.165) is 0 Å². The number of ketones is 1. The van der Waals surface area contributed by atoms with Gasteiger partial charge < -0.3 is 4.42 Å². The second-order valence-electron chi connectivity index (χ2n) is 3.99. The largest absolute Gasteiger partial charge is 0.461 e. The molecule has 82 valence electrons. The van der Waals surface area contributed by atoms with Crippen LogP contribution in [-0.2, 0) is 0 Å². The molecule has 0 aromatic carbocycles. The molecule has 2 nitrogen and oxygen atoms in total. The number of furan rings is 1. The van der Waals surface area contributed by atoms with E-state index in [2.05, 4.69) is 0 Å². The quantitative estimate of drug-likeness (QED) is 0.707. The first-order chi connectivity index (χ1) is 7.08. The normalized spacial score (nSPS) is 25.1. The molecule has 15 heavy (non-hydrogen) atoms. The third-order valence-corrected chi connectivity index (χ3v) is 2.77. The zero-order chi connectivity index (χ0) is 10.9. The zero-order valence-electron chi connectivity index (χ0n) is 8.21. The number of halogens is 2. The average Bonchev–Trinajstić information content (AvgIpc) is 2.67. The molecule has 4 heteroatoms. The molecule has 1 heterocycles. The summed E-state index contributed by atoms with van der Waals surface area (Å²) in [6, 6.07) is 3.11. The van der Waals surface area contributed by atoms with E-state index in [1.807, 2.05) is 0 Å². The minimum Gasteiger partial charge on any atom is -0.461 e. The topological polar surface area (TPSA) is 30.2 Å². The SMILES string of the molecule is O=C(c1ccco1)C1CCCC(F)(F)C1. The molecule has 0 saturated heterocycles. The number of hydrogen-bond donors (Lipinski definition) is 0. The van der Waals surface area contributed by atoms with Crippen molar-refractivity contribution in [1.29, 1.82) is 0 Å². The number of Topliss-reactive ketones (excluding diaryl/α,β-unsaturated/α-hetero) is 1. The second-order valence-corrected chi connectivity index (χ2v) is 3.99. The fraction of sp³-hybridized carbons (Fsp3) is 0.545. The van der Waals surface area contributed by atoms with Gasteiger partial charge in [-0.1, -0.05) is 0 Å². The lowest BCUT2D eigenvalue weighted by molar-refractivity contribution is -0.0480. The van der Waals surface area contributed by atoms with Gasteiger partial charge in [0.1, 0.15) is 0 Å². The monoisotopic (exact) mass is 214 g/mol. The minimum atomic E-state index is -2.69. The molecule has 1 aliphatic rings. The van der Waals surface area contributed by atoms with Crippen LogP contribution >= 0.6 is 0 Å². The van der Waals surface area contributed by atoms with Crippen molar-refractivity contribution in [2.24, 2.45) is 5.92 Å². The first-order valence-corrected chi connectivity index (χ1v) is 5.04.